The fourth-order valence-electron chi connectivity index (χ4n) is 7.02. The number of alkyl halides is 2. The van der Waals surface area contributed by atoms with E-state index < -0.39 is 26.5 Å². The summed E-state index contributed by atoms with van der Waals surface area (Å²) in [6.45, 7) is 0.574. The fourth-order valence-corrected chi connectivity index (χ4v) is 7.74. The minimum absolute atomic E-state index is 0.132. The van der Waals surface area contributed by atoms with Crippen molar-refractivity contribution in [2.75, 3.05) is 11.9 Å². The smallest absolute Gasteiger partial charge is 0.330 e. The molecule has 1 saturated heterocycles. The maximum Gasteiger partial charge on any atom is 0.341 e. The minimum Gasteiger partial charge on any atom is -0.330 e. The fraction of sp³-hybridized carbons (Fsp3) is 0.652. The molecule has 4 saturated carbocycles. The summed E-state index contributed by atoms with van der Waals surface area (Å²) in [6, 6.07) is 4.16. The number of carbonyl (C=O) groups is 2. The molecule has 0 radical (unpaired) electrons. The van der Waals surface area contributed by atoms with E-state index in [0.29, 0.717) is 36.4 Å². The molecular formula is C23H28F2N2O4S. The van der Waals surface area contributed by atoms with E-state index >= 15 is 0 Å². The van der Waals surface area contributed by atoms with E-state index in [2.05, 4.69) is 5.32 Å². The quantitative estimate of drug-likeness (QED) is 0.715. The summed E-state index contributed by atoms with van der Waals surface area (Å²) in [5.41, 5.74) is 0.0143. The summed E-state index contributed by atoms with van der Waals surface area (Å²) in [6.07, 6.45) is 7.92. The van der Waals surface area contributed by atoms with Gasteiger partial charge in [0.2, 0.25) is 21.7 Å². The first-order valence-corrected chi connectivity index (χ1v) is 13.0. The Hall–Kier alpha value is -2.03. The van der Waals surface area contributed by atoms with Crippen LogP contribution in [-0.4, -0.2) is 43.5 Å². The van der Waals surface area contributed by atoms with Crippen LogP contribution >= 0.6 is 0 Å². The average molecular weight is 467 g/mol. The van der Waals surface area contributed by atoms with Crippen LogP contribution in [0.5, 0.6) is 0 Å². The lowest BCUT2D eigenvalue weighted by Crippen LogP contribution is -2.56. The van der Waals surface area contributed by atoms with E-state index in [4.69, 9.17) is 0 Å². The minimum atomic E-state index is -4.68. The first kappa shape index (κ1) is 21.8. The zero-order valence-corrected chi connectivity index (χ0v) is 18.6. The van der Waals surface area contributed by atoms with E-state index in [1.165, 1.54) is 31.4 Å². The molecule has 1 N–H and O–H groups in total. The number of benzene rings is 1. The SMILES string of the molecule is O=C(Nc1ccc(S(=O)(=O)C(F)F)cc1)[C@@H]1CCCN1C(=O)C12CC3CC(CC(C3)C1)C2. The third kappa shape index (κ3) is 3.62. The van der Waals surface area contributed by atoms with Crippen molar-refractivity contribution in [1.29, 1.82) is 0 Å². The molecule has 9 heteroatoms. The molecule has 4 bridgehead atoms. The Balaban J connectivity index is 1.29. The molecule has 4 aliphatic carbocycles. The van der Waals surface area contributed by atoms with Gasteiger partial charge in [0.1, 0.15) is 6.04 Å². The van der Waals surface area contributed by atoms with Crippen molar-refractivity contribution in [2.24, 2.45) is 23.2 Å². The summed E-state index contributed by atoms with van der Waals surface area (Å²) >= 11 is 0. The van der Waals surface area contributed by atoms with Gasteiger partial charge in [-0.15, -0.1) is 0 Å². The van der Waals surface area contributed by atoms with Crippen LogP contribution in [0.1, 0.15) is 51.4 Å². The lowest BCUT2D eigenvalue weighted by molar-refractivity contribution is -0.160. The van der Waals surface area contributed by atoms with Crippen molar-refractivity contribution in [1.82, 2.24) is 4.90 Å². The van der Waals surface area contributed by atoms with E-state index in [9.17, 15) is 26.8 Å². The zero-order chi connectivity index (χ0) is 22.7. The third-order valence-corrected chi connectivity index (χ3v) is 9.39. The highest BCUT2D eigenvalue weighted by molar-refractivity contribution is 7.91. The Morgan fingerprint density at radius 1 is 1.00 bits per heavy atom. The van der Waals surface area contributed by atoms with Gasteiger partial charge in [-0.2, -0.15) is 8.78 Å². The van der Waals surface area contributed by atoms with Crippen LogP contribution in [0.3, 0.4) is 0 Å². The zero-order valence-electron chi connectivity index (χ0n) is 17.8. The number of sulfone groups is 1. The summed E-state index contributed by atoms with van der Waals surface area (Å²) in [5.74, 6) is -1.75. The van der Waals surface area contributed by atoms with Crippen molar-refractivity contribution >= 4 is 27.3 Å². The number of amides is 2. The predicted octanol–water partition coefficient (Wildman–Crippen LogP) is 3.83. The Bertz CT molecular complexity index is 990. The lowest BCUT2D eigenvalue weighted by Gasteiger charge is -2.56. The number of halogens is 2. The van der Waals surface area contributed by atoms with Crippen LogP contribution in [0.4, 0.5) is 14.5 Å². The van der Waals surface area contributed by atoms with E-state index in [1.54, 1.807) is 4.90 Å². The van der Waals surface area contributed by atoms with Crippen molar-refractivity contribution in [3.05, 3.63) is 24.3 Å². The Kier molecular flexibility index (Phi) is 5.30. The molecule has 5 fully saturated rings. The first-order chi connectivity index (χ1) is 15.2. The molecule has 6 nitrogen and oxygen atoms in total. The van der Waals surface area contributed by atoms with Gasteiger partial charge < -0.3 is 10.2 Å². The topological polar surface area (TPSA) is 83.6 Å². The molecule has 32 heavy (non-hydrogen) atoms. The molecular weight excluding hydrogens is 438 g/mol. The molecule has 0 aromatic heterocycles. The monoisotopic (exact) mass is 466 g/mol. The van der Waals surface area contributed by atoms with Crippen molar-refractivity contribution in [2.45, 2.75) is 68.1 Å². The lowest BCUT2D eigenvalue weighted by atomic mass is 9.49. The number of likely N-dealkylation sites (tertiary alicyclic amines) is 1. The molecule has 1 aromatic rings. The molecule has 0 unspecified atom stereocenters. The second kappa shape index (κ2) is 7.78. The van der Waals surface area contributed by atoms with Gasteiger partial charge in [-0.05, 0) is 93.4 Å². The van der Waals surface area contributed by atoms with Gasteiger partial charge in [0.15, 0.2) is 0 Å². The number of nitrogens with one attached hydrogen (secondary N) is 1. The molecule has 1 atom stereocenters. The second-order valence-corrected chi connectivity index (χ2v) is 12.1. The molecule has 1 aromatic carbocycles. The van der Waals surface area contributed by atoms with Gasteiger partial charge >= 0.3 is 5.76 Å². The molecule has 1 aliphatic heterocycles. The van der Waals surface area contributed by atoms with Crippen LogP contribution in [0.15, 0.2) is 29.2 Å². The summed E-state index contributed by atoms with van der Waals surface area (Å²) in [5, 5.41) is 2.74. The van der Waals surface area contributed by atoms with Crippen molar-refractivity contribution in [3.63, 3.8) is 0 Å². The number of carbonyl (C=O) groups excluding carboxylic acids is 2. The normalized spacial score (nSPS) is 33.7. The highest BCUT2D eigenvalue weighted by atomic mass is 32.2. The van der Waals surface area contributed by atoms with Crippen molar-refractivity contribution < 1.29 is 26.8 Å². The maximum atomic E-state index is 13.7. The average Bonchev–Trinajstić information content (AvgIpc) is 3.22. The first-order valence-electron chi connectivity index (χ1n) is 11.4. The maximum absolute atomic E-state index is 13.7. The van der Waals surface area contributed by atoms with Gasteiger partial charge in [-0.25, -0.2) is 8.42 Å². The molecule has 1 heterocycles. The van der Waals surface area contributed by atoms with E-state index in [-0.39, 0.29) is 17.2 Å². The van der Waals surface area contributed by atoms with Crippen LogP contribution < -0.4 is 5.32 Å². The van der Waals surface area contributed by atoms with E-state index in [0.717, 1.165) is 37.8 Å². The number of rotatable bonds is 5. The molecule has 174 valence electrons. The van der Waals surface area contributed by atoms with Gasteiger partial charge in [-0.1, -0.05) is 0 Å². The highest BCUT2D eigenvalue weighted by Crippen LogP contribution is 2.60. The van der Waals surface area contributed by atoms with E-state index in [1.807, 2.05) is 0 Å². The van der Waals surface area contributed by atoms with Gasteiger partial charge in [-0.3, -0.25) is 9.59 Å². The molecule has 0 spiro atoms. The number of nitrogens with zero attached hydrogens (tertiary/aromatic N) is 1. The van der Waals surface area contributed by atoms with Gasteiger partial charge in [0.05, 0.1) is 10.3 Å². The molecule has 6 rings (SSSR count). The van der Waals surface area contributed by atoms with Crippen molar-refractivity contribution in [3.8, 4) is 0 Å². The van der Waals surface area contributed by atoms with Crippen LogP contribution in [0, 0.1) is 23.2 Å². The third-order valence-electron chi connectivity index (χ3n) is 7.99. The van der Waals surface area contributed by atoms with Crippen LogP contribution in [0.25, 0.3) is 0 Å². The second-order valence-electron chi connectivity index (χ2n) is 10.2. The highest BCUT2D eigenvalue weighted by Gasteiger charge is 2.56. The Morgan fingerprint density at radius 2 is 1.56 bits per heavy atom. The summed E-state index contributed by atoms with van der Waals surface area (Å²) < 4.78 is 48.6. The predicted molar refractivity (Wildman–Crippen MR) is 114 cm³/mol. The summed E-state index contributed by atoms with van der Waals surface area (Å²) in [7, 11) is -4.68. The van der Waals surface area contributed by atoms with Gasteiger partial charge in [0, 0.05) is 12.2 Å². The van der Waals surface area contributed by atoms with Crippen LogP contribution in [0.2, 0.25) is 0 Å². The molecule has 5 aliphatic rings. The Labute approximate surface area is 186 Å². The molecule has 2 amide bonds. The number of hydrogen-bond donors (Lipinski definition) is 1. The largest absolute Gasteiger partial charge is 0.341 e. The van der Waals surface area contributed by atoms with Crippen LogP contribution in [-0.2, 0) is 19.4 Å². The Morgan fingerprint density at radius 3 is 2.09 bits per heavy atom. The summed E-state index contributed by atoms with van der Waals surface area (Å²) in [4.78, 5) is 28.0. The number of hydrogen-bond acceptors (Lipinski definition) is 4. The number of anilines is 1. The van der Waals surface area contributed by atoms with Gasteiger partial charge in [0.25, 0.3) is 0 Å². The standard InChI is InChI=1S/C23H28F2N2O4S/c24-22(25)32(30,31)18-5-3-17(4-6-18)26-20(28)19-2-1-7-27(19)21(29)23-11-14-8-15(12-23)10-16(9-14)13-23/h3-6,14-16,19,22H,1-2,7-13H2,(H,26,28)/t14?,15?,16?,19-,23?/m0/s1.